The Morgan fingerprint density at radius 1 is 1.28 bits per heavy atom. The number of thiazole rings is 1. The van der Waals surface area contributed by atoms with Crippen molar-refractivity contribution in [3.05, 3.63) is 35.3 Å². The molecule has 1 aromatic heterocycles. The number of amides is 1. The van der Waals surface area contributed by atoms with Crippen molar-refractivity contribution in [2.75, 3.05) is 14.8 Å². The van der Waals surface area contributed by atoms with Crippen LogP contribution < -0.4 is 9.03 Å². The van der Waals surface area contributed by atoms with Crippen LogP contribution in [-0.2, 0) is 24.8 Å². The third-order valence-corrected chi connectivity index (χ3v) is 7.81. The zero-order valence-corrected chi connectivity index (χ0v) is 15.8. The van der Waals surface area contributed by atoms with Gasteiger partial charge in [-0.15, -0.1) is 11.3 Å². The maximum Gasteiger partial charge on any atom is 0.263 e. The molecule has 1 unspecified atom stereocenters. The highest BCUT2D eigenvalue weighted by atomic mass is 32.2. The van der Waals surface area contributed by atoms with Gasteiger partial charge in [0.25, 0.3) is 10.0 Å². The number of carbonyl (C=O) groups excluding carboxylic acids is 1. The van der Waals surface area contributed by atoms with E-state index >= 15 is 0 Å². The molecule has 0 saturated carbocycles. The van der Waals surface area contributed by atoms with Crippen LogP contribution >= 0.6 is 11.3 Å². The van der Waals surface area contributed by atoms with Crippen molar-refractivity contribution < 1.29 is 21.6 Å². The number of nitrogens with one attached hydrogen (secondary N) is 1. The molecule has 134 valence electrons. The molecule has 1 amide bonds. The Bertz CT molecular complexity index is 1030. The molecule has 0 bridgehead atoms. The fraction of sp³-hybridized carbons (Fsp3) is 0.286. The lowest BCUT2D eigenvalue weighted by Gasteiger charge is -2.15. The first-order chi connectivity index (χ1) is 11.6. The van der Waals surface area contributed by atoms with Crippen molar-refractivity contribution in [3.63, 3.8) is 0 Å². The highest BCUT2D eigenvalue weighted by Gasteiger charge is 2.41. The van der Waals surface area contributed by atoms with Gasteiger partial charge in [-0.1, -0.05) is 6.92 Å². The van der Waals surface area contributed by atoms with Crippen LogP contribution in [0.5, 0.6) is 0 Å². The van der Waals surface area contributed by atoms with Gasteiger partial charge in [0.2, 0.25) is 15.9 Å². The quantitative estimate of drug-likeness (QED) is 0.832. The molecule has 11 heteroatoms. The second-order valence-corrected chi connectivity index (χ2v) is 10.1. The number of rotatable bonds is 4. The SMILES string of the molecule is Cc1csc(NS(=O)(=O)c2ccc(N3C(=O)C(C)CS3(=O)=O)cc2)n1. The molecular formula is C14H15N3O5S3. The van der Waals surface area contributed by atoms with Crippen molar-refractivity contribution in [2.45, 2.75) is 18.7 Å². The predicted molar refractivity (Wildman–Crippen MR) is 94.5 cm³/mol. The summed E-state index contributed by atoms with van der Waals surface area (Å²) in [6, 6.07) is 5.11. The Morgan fingerprint density at radius 2 is 1.92 bits per heavy atom. The van der Waals surface area contributed by atoms with E-state index in [1.807, 2.05) is 0 Å². The minimum absolute atomic E-state index is 0.0544. The number of hydrogen-bond acceptors (Lipinski definition) is 7. The monoisotopic (exact) mass is 401 g/mol. The third kappa shape index (κ3) is 3.39. The number of aromatic nitrogens is 1. The number of carbonyl (C=O) groups is 1. The lowest BCUT2D eigenvalue weighted by molar-refractivity contribution is -0.119. The molecule has 2 aromatic rings. The van der Waals surface area contributed by atoms with Crippen molar-refractivity contribution in [2.24, 2.45) is 5.92 Å². The zero-order chi connectivity index (χ0) is 18.4. The minimum Gasteiger partial charge on any atom is -0.273 e. The molecule has 0 spiro atoms. The van der Waals surface area contributed by atoms with E-state index in [0.29, 0.717) is 5.69 Å². The van der Waals surface area contributed by atoms with E-state index in [4.69, 9.17) is 0 Å². The molecule has 25 heavy (non-hydrogen) atoms. The van der Waals surface area contributed by atoms with Crippen LogP contribution in [0.4, 0.5) is 10.8 Å². The maximum absolute atomic E-state index is 12.3. The van der Waals surface area contributed by atoms with Gasteiger partial charge in [-0.2, -0.15) is 0 Å². The molecule has 3 rings (SSSR count). The summed E-state index contributed by atoms with van der Waals surface area (Å²) in [6.45, 7) is 3.29. The number of sulfonamides is 2. The molecule has 1 aliphatic heterocycles. The minimum atomic E-state index is -3.85. The average Bonchev–Trinajstić information content (AvgIpc) is 2.99. The first-order valence-corrected chi connectivity index (χ1v) is 11.2. The Hall–Kier alpha value is -1.98. The zero-order valence-electron chi connectivity index (χ0n) is 13.3. The van der Waals surface area contributed by atoms with Gasteiger partial charge >= 0.3 is 0 Å². The second-order valence-electron chi connectivity index (χ2n) is 5.68. The fourth-order valence-corrected chi connectivity index (χ4v) is 6.18. The Balaban J connectivity index is 1.88. The normalized spacial score (nSPS) is 20.0. The van der Waals surface area contributed by atoms with Gasteiger partial charge in [0.15, 0.2) is 5.13 Å². The van der Waals surface area contributed by atoms with Crippen LogP contribution in [0.15, 0.2) is 34.5 Å². The van der Waals surface area contributed by atoms with Crippen molar-refractivity contribution in [1.29, 1.82) is 0 Å². The van der Waals surface area contributed by atoms with Crippen molar-refractivity contribution in [3.8, 4) is 0 Å². The third-order valence-electron chi connectivity index (χ3n) is 3.58. The van der Waals surface area contributed by atoms with E-state index in [9.17, 15) is 21.6 Å². The molecule has 0 radical (unpaired) electrons. The lowest BCUT2D eigenvalue weighted by Crippen LogP contribution is -2.30. The van der Waals surface area contributed by atoms with Crippen molar-refractivity contribution >= 4 is 48.1 Å². The van der Waals surface area contributed by atoms with Gasteiger partial charge in [-0.05, 0) is 31.2 Å². The van der Waals surface area contributed by atoms with E-state index in [0.717, 1.165) is 15.6 Å². The summed E-state index contributed by atoms with van der Waals surface area (Å²) in [5, 5.41) is 1.96. The Labute approximate surface area is 149 Å². The molecule has 1 N–H and O–H groups in total. The summed E-state index contributed by atoms with van der Waals surface area (Å²) in [6.07, 6.45) is 0. The highest BCUT2D eigenvalue weighted by molar-refractivity contribution is 7.94. The fourth-order valence-electron chi connectivity index (χ4n) is 2.42. The lowest BCUT2D eigenvalue weighted by atomic mass is 10.2. The topological polar surface area (TPSA) is 114 Å². The molecule has 0 aliphatic carbocycles. The summed E-state index contributed by atoms with van der Waals surface area (Å²) < 4.78 is 51.9. The summed E-state index contributed by atoms with van der Waals surface area (Å²) in [5.74, 6) is -1.40. The average molecular weight is 401 g/mol. The van der Waals surface area contributed by atoms with Crippen LogP contribution in [-0.4, -0.2) is 33.5 Å². The van der Waals surface area contributed by atoms with Crippen LogP contribution in [0.1, 0.15) is 12.6 Å². The van der Waals surface area contributed by atoms with Gasteiger partial charge in [0.1, 0.15) is 0 Å². The Morgan fingerprint density at radius 3 is 2.40 bits per heavy atom. The molecule has 1 atom stereocenters. The number of benzene rings is 1. The molecule has 1 fully saturated rings. The summed E-state index contributed by atoms with van der Waals surface area (Å²) in [5.41, 5.74) is 0.823. The van der Waals surface area contributed by atoms with Gasteiger partial charge in [0, 0.05) is 5.38 Å². The molecule has 2 heterocycles. The summed E-state index contributed by atoms with van der Waals surface area (Å²) in [7, 11) is -7.57. The highest BCUT2D eigenvalue weighted by Crippen LogP contribution is 2.29. The van der Waals surface area contributed by atoms with Crippen LogP contribution in [0, 0.1) is 12.8 Å². The molecule has 1 aliphatic rings. The Kier molecular flexibility index (Phi) is 4.33. The van der Waals surface area contributed by atoms with Crippen LogP contribution in [0.2, 0.25) is 0 Å². The number of nitrogens with zero attached hydrogens (tertiary/aromatic N) is 2. The maximum atomic E-state index is 12.3. The van der Waals surface area contributed by atoms with Crippen LogP contribution in [0.25, 0.3) is 0 Å². The van der Waals surface area contributed by atoms with Gasteiger partial charge in [-0.3, -0.25) is 9.52 Å². The second kappa shape index (κ2) is 6.07. The van der Waals surface area contributed by atoms with E-state index < -0.39 is 31.9 Å². The molecular weight excluding hydrogens is 386 g/mol. The first-order valence-electron chi connectivity index (χ1n) is 7.22. The number of anilines is 2. The predicted octanol–water partition coefficient (Wildman–Crippen LogP) is 1.56. The van der Waals surface area contributed by atoms with Gasteiger partial charge < -0.3 is 0 Å². The number of hydrogen-bond donors (Lipinski definition) is 1. The van der Waals surface area contributed by atoms with Crippen molar-refractivity contribution in [1.82, 2.24) is 4.98 Å². The first kappa shape index (κ1) is 17.8. The van der Waals surface area contributed by atoms with Crippen LogP contribution in [0.3, 0.4) is 0 Å². The summed E-state index contributed by atoms with van der Waals surface area (Å²) in [4.78, 5) is 16.0. The van der Waals surface area contributed by atoms with E-state index in [1.165, 1.54) is 24.3 Å². The summed E-state index contributed by atoms with van der Waals surface area (Å²) >= 11 is 1.16. The smallest absolute Gasteiger partial charge is 0.263 e. The van der Waals surface area contributed by atoms with E-state index in [2.05, 4.69) is 9.71 Å². The molecule has 1 aromatic carbocycles. The standard InChI is InChI=1S/C14H15N3O5S3/c1-9-8-24(19,20)17(13(9)18)11-3-5-12(6-4-11)25(21,22)16-14-15-10(2)7-23-14/h3-7,9H,8H2,1-2H3,(H,15,16). The largest absolute Gasteiger partial charge is 0.273 e. The van der Waals surface area contributed by atoms with Gasteiger partial charge in [-0.25, -0.2) is 26.1 Å². The number of aryl methyl sites for hydroxylation is 1. The molecule has 1 saturated heterocycles. The van der Waals surface area contributed by atoms with E-state index in [1.54, 1.807) is 19.2 Å². The molecule has 8 nitrogen and oxygen atoms in total. The van der Waals surface area contributed by atoms with Gasteiger partial charge in [0.05, 0.1) is 27.9 Å². The van der Waals surface area contributed by atoms with E-state index in [-0.39, 0.29) is 21.5 Å².